The van der Waals surface area contributed by atoms with E-state index in [-0.39, 0.29) is 29.3 Å². The topological polar surface area (TPSA) is 133 Å². The molecule has 0 saturated carbocycles. The highest BCUT2D eigenvalue weighted by atomic mass is 16.5. The first-order chi connectivity index (χ1) is 20.1. The molecule has 0 bridgehead atoms. The second kappa shape index (κ2) is 11.5. The van der Waals surface area contributed by atoms with Crippen molar-refractivity contribution in [2.45, 2.75) is 46.1 Å². The predicted molar refractivity (Wildman–Crippen MR) is 159 cm³/mol. The second-order valence-electron chi connectivity index (χ2n) is 11.3. The van der Waals surface area contributed by atoms with Crippen LogP contribution in [0.25, 0.3) is 0 Å². The number of nitrogens with one attached hydrogen (secondary N) is 2. The maximum absolute atomic E-state index is 13.8. The van der Waals surface area contributed by atoms with Crippen LogP contribution in [0.15, 0.2) is 89.4 Å². The molecule has 1 atom stereocenters. The minimum atomic E-state index is -0.629. The van der Waals surface area contributed by atoms with Crippen LogP contribution in [0.4, 0.5) is 5.82 Å². The van der Waals surface area contributed by atoms with Gasteiger partial charge in [-0.3, -0.25) is 14.4 Å². The number of carbonyl (C=O) groups excluding carboxylic acids is 3. The van der Waals surface area contributed by atoms with E-state index in [0.717, 1.165) is 11.3 Å². The van der Waals surface area contributed by atoms with Gasteiger partial charge in [-0.2, -0.15) is 0 Å². The number of primary amides is 1. The number of allylic oxidation sites excluding steroid dienone is 3. The summed E-state index contributed by atoms with van der Waals surface area (Å²) in [5.41, 5.74) is 9.53. The van der Waals surface area contributed by atoms with Gasteiger partial charge in [0.25, 0.3) is 11.8 Å². The average molecular weight is 567 g/mol. The number of nitrogens with zero attached hydrogens (tertiary/aromatic N) is 1. The van der Waals surface area contributed by atoms with Crippen molar-refractivity contribution >= 4 is 23.4 Å². The van der Waals surface area contributed by atoms with Crippen molar-refractivity contribution in [3.05, 3.63) is 106 Å². The van der Waals surface area contributed by atoms with E-state index < -0.39 is 11.8 Å². The van der Waals surface area contributed by atoms with Crippen molar-refractivity contribution in [2.24, 2.45) is 11.1 Å². The minimum absolute atomic E-state index is 0.00149. The van der Waals surface area contributed by atoms with Gasteiger partial charge in [0.15, 0.2) is 5.78 Å². The van der Waals surface area contributed by atoms with Crippen LogP contribution in [0.3, 0.4) is 0 Å². The molecule has 1 aliphatic heterocycles. The molecular weight excluding hydrogens is 532 g/mol. The van der Waals surface area contributed by atoms with Crippen LogP contribution in [-0.4, -0.2) is 29.7 Å². The Bertz CT molecular complexity index is 1620. The van der Waals surface area contributed by atoms with E-state index in [1.165, 1.54) is 0 Å². The van der Waals surface area contributed by atoms with Gasteiger partial charge in [0.1, 0.15) is 23.9 Å². The molecular formula is C33H34N4O5. The number of nitrogens with two attached hydrogens (primary N) is 1. The number of benzene rings is 2. The summed E-state index contributed by atoms with van der Waals surface area (Å²) in [7, 11) is 1.56. The number of pyridine rings is 1. The Labute approximate surface area is 244 Å². The number of dihydropyridines is 1. The Morgan fingerprint density at radius 2 is 1.83 bits per heavy atom. The number of amides is 2. The van der Waals surface area contributed by atoms with Gasteiger partial charge in [-0.15, -0.1) is 0 Å². The molecule has 0 unspecified atom stereocenters. The van der Waals surface area contributed by atoms with Crippen LogP contribution < -0.4 is 25.8 Å². The van der Waals surface area contributed by atoms with Crippen LogP contribution in [0.2, 0.25) is 0 Å². The van der Waals surface area contributed by atoms with Gasteiger partial charge in [-0.1, -0.05) is 38.1 Å². The largest absolute Gasteiger partial charge is 0.496 e. The minimum Gasteiger partial charge on any atom is -0.496 e. The SMILES string of the molecule is COc1ccc([C@H]2C(C(=O)Nc3ccccn3)=C(C)NC3=C2C(=O)CC(C)(C)C3)cc1COc1ccccc1C(N)=O. The molecule has 5 rings (SSSR count). The number of Topliss-reactive ketones (excluding diaryl/α,β-unsaturated/α-hetero) is 1. The Morgan fingerprint density at radius 3 is 2.55 bits per heavy atom. The van der Waals surface area contributed by atoms with Crippen molar-refractivity contribution in [3.63, 3.8) is 0 Å². The van der Waals surface area contributed by atoms with Gasteiger partial charge in [0.05, 0.1) is 12.7 Å². The summed E-state index contributed by atoms with van der Waals surface area (Å²) in [6.45, 7) is 6.06. The molecule has 0 saturated heterocycles. The fraction of sp³-hybridized carbons (Fsp3) is 0.273. The average Bonchev–Trinajstić information content (AvgIpc) is 2.95. The van der Waals surface area contributed by atoms with Gasteiger partial charge in [-0.25, -0.2) is 4.98 Å². The molecule has 2 amide bonds. The molecule has 1 aliphatic carbocycles. The molecule has 9 heteroatoms. The molecule has 0 radical (unpaired) electrons. The Balaban J connectivity index is 1.58. The monoisotopic (exact) mass is 566 g/mol. The number of hydrogen-bond donors (Lipinski definition) is 3. The van der Waals surface area contributed by atoms with Crippen LogP contribution >= 0.6 is 0 Å². The zero-order valence-electron chi connectivity index (χ0n) is 24.1. The van der Waals surface area contributed by atoms with E-state index in [9.17, 15) is 14.4 Å². The van der Waals surface area contributed by atoms with Crippen LogP contribution in [-0.2, 0) is 16.2 Å². The standard InChI is InChI=1S/C33H34N4O5/c1-19-28(32(40)37-27-11-7-8-14-35-27)29(30-23(36-19)16-33(2,3)17-24(30)38)20-12-13-25(41-4)21(15-20)18-42-26-10-6-5-9-22(26)31(34)39/h5-15,29,36H,16-18H2,1-4H3,(H2,34,39)(H,35,37,40)/t29-/m0/s1. The highest BCUT2D eigenvalue weighted by Crippen LogP contribution is 2.47. The molecule has 2 heterocycles. The summed E-state index contributed by atoms with van der Waals surface area (Å²) in [5.74, 6) is -0.251. The molecule has 2 aliphatic rings. The molecule has 42 heavy (non-hydrogen) atoms. The van der Waals surface area contributed by atoms with Gasteiger partial charge in [0.2, 0.25) is 0 Å². The van der Waals surface area contributed by atoms with Crippen LogP contribution in [0.1, 0.15) is 61.0 Å². The lowest BCUT2D eigenvalue weighted by atomic mass is 9.68. The molecule has 0 spiro atoms. The molecule has 3 aromatic rings. The Morgan fingerprint density at radius 1 is 1.07 bits per heavy atom. The summed E-state index contributed by atoms with van der Waals surface area (Å²) in [4.78, 5) is 43.7. The lowest BCUT2D eigenvalue weighted by Gasteiger charge is -2.39. The predicted octanol–water partition coefficient (Wildman–Crippen LogP) is 5.01. The van der Waals surface area contributed by atoms with E-state index in [1.807, 2.05) is 19.1 Å². The molecule has 216 valence electrons. The number of carbonyl (C=O) groups is 3. The van der Waals surface area contributed by atoms with Crippen molar-refractivity contribution in [3.8, 4) is 11.5 Å². The smallest absolute Gasteiger partial charge is 0.255 e. The highest BCUT2D eigenvalue weighted by molar-refractivity contribution is 6.09. The third-order valence-corrected chi connectivity index (χ3v) is 7.56. The zero-order chi connectivity index (χ0) is 30.0. The summed E-state index contributed by atoms with van der Waals surface area (Å²) >= 11 is 0. The van der Waals surface area contributed by atoms with Crippen molar-refractivity contribution in [2.75, 3.05) is 12.4 Å². The Kier molecular flexibility index (Phi) is 7.85. The zero-order valence-corrected chi connectivity index (χ0v) is 24.1. The van der Waals surface area contributed by atoms with Gasteiger partial charge < -0.3 is 25.8 Å². The third kappa shape index (κ3) is 5.76. The maximum atomic E-state index is 13.8. The first-order valence-corrected chi connectivity index (χ1v) is 13.7. The summed E-state index contributed by atoms with van der Waals surface area (Å²) in [6.07, 6.45) is 2.65. The van der Waals surface area contributed by atoms with Crippen LogP contribution in [0.5, 0.6) is 11.5 Å². The number of methoxy groups -OCH3 is 1. The number of aromatic nitrogens is 1. The number of hydrogen-bond acceptors (Lipinski definition) is 7. The quantitative estimate of drug-likeness (QED) is 0.349. The van der Waals surface area contributed by atoms with E-state index in [1.54, 1.807) is 61.8 Å². The molecule has 9 nitrogen and oxygen atoms in total. The fourth-order valence-electron chi connectivity index (χ4n) is 5.73. The van der Waals surface area contributed by atoms with Crippen molar-refractivity contribution in [1.29, 1.82) is 0 Å². The molecule has 0 fully saturated rings. The highest BCUT2D eigenvalue weighted by Gasteiger charge is 2.43. The van der Waals surface area contributed by atoms with Crippen LogP contribution in [0, 0.1) is 5.41 Å². The van der Waals surface area contributed by atoms with Crippen molar-refractivity contribution in [1.82, 2.24) is 10.3 Å². The van der Waals surface area contributed by atoms with E-state index in [2.05, 4.69) is 29.5 Å². The van der Waals surface area contributed by atoms with E-state index >= 15 is 0 Å². The summed E-state index contributed by atoms with van der Waals surface area (Å²) in [6, 6.07) is 17.6. The lowest BCUT2D eigenvalue weighted by molar-refractivity contribution is -0.118. The lowest BCUT2D eigenvalue weighted by Crippen LogP contribution is -2.39. The number of ether oxygens (including phenoxy) is 2. The maximum Gasteiger partial charge on any atom is 0.255 e. The normalized spacial score (nSPS) is 17.7. The molecule has 1 aromatic heterocycles. The van der Waals surface area contributed by atoms with Gasteiger partial charge in [-0.05, 0) is 60.7 Å². The molecule has 2 aromatic carbocycles. The number of ketones is 1. The summed E-state index contributed by atoms with van der Waals surface area (Å²) in [5, 5.41) is 6.28. The van der Waals surface area contributed by atoms with Gasteiger partial charge in [0, 0.05) is 46.6 Å². The second-order valence-corrected chi connectivity index (χ2v) is 11.3. The fourth-order valence-corrected chi connectivity index (χ4v) is 5.73. The van der Waals surface area contributed by atoms with E-state index in [4.69, 9.17) is 15.2 Å². The van der Waals surface area contributed by atoms with E-state index in [0.29, 0.717) is 52.6 Å². The number of para-hydroxylation sites is 1. The first-order valence-electron chi connectivity index (χ1n) is 13.7. The Hall–Kier alpha value is -4.92. The number of anilines is 1. The third-order valence-electron chi connectivity index (χ3n) is 7.56. The number of rotatable bonds is 8. The van der Waals surface area contributed by atoms with Gasteiger partial charge >= 0.3 is 0 Å². The van der Waals surface area contributed by atoms with Crippen molar-refractivity contribution < 1.29 is 23.9 Å². The molecule has 4 N–H and O–H groups in total. The first kappa shape index (κ1) is 28.6. The summed E-state index contributed by atoms with van der Waals surface area (Å²) < 4.78 is 11.6.